The molecule has 3 N–H and O–H groups in total. The maximum atomic E-state index is 13.6. The Morgan fingerprint density at radius 3 is 1.94 bits per heavy atom. The molecule has 5 aromatic rings. The lowest BCUT2D eigenvalue weighted by Gasteiger charge is -2.18. The molecule has 8 nitrogen and oxygen atoms in total. The summed E-state index contributed by atoms with van der Waals surface area (Å²) < 4.78 is 5.28. The average Bonchev–Trinajstić information content (AvgIpc) is 3.16. The normalized spacial score (nSPS) is 11.6. The SMILES string of the molecule is CCCCOC(=O)c1ccc(NC(=O)C(Sc2ccc(NC(=O)/C(=C/c3c(Cl)cccc3Cl)NC(=O)c3ccccc3)cc2)c2ccccc2)cc1. The number of carbonyl (C=O) groups is 4. The number of hydrogen-bond acceptors (Lipinski definition) is 6. The summed E-state index contributed by atoms with van der Waals surface area (Å²) in [7, 11) is 0. The number of esters is 1. The second kappa shape index (κ2) is 18.8. The Labute approximate surface area is 316 Å². The molecular weight excluding hydrogens is 717 g/mol. The van der Waals surface area contributed by atoms with E-state index in [1.54, 1.807) is 97.1 Å². The van der Waals surface area contributed by atoms with Gasteiger partial charge in [-0.3, -0.25) is 14.4 Å². The Kier molecular flexibility index (Phi) is 13.7. The van der Waals surface area contributed by atoms with Gasteiger partial charge in [-0.15, -0.1) is 11.8 Å². The Morgan fingerprint density at radius 1 is 0.712 bits per heavy atom. The summed E-state index contributed by atoms with van der Waals surface area (Å²) in [6.07, 6.45) is 3.15. The van der Waals surface area contributed by atoms with Gasteiger partial charge in [0.15, 0.2) is 0 Å². The number of benzene rings is 5. The molecule has 0 saturated carbocycles. The Bertz CT molecular complexity index is 2020. The number of unbranched alkanes of at least 4 members (excludes halogenated alkanes) is 1. The highest BCUT2D eigenvalue weighted by Gasteiger charge is 2.23. The van der Waals surface area contributed by atoms with Crippen molar-refractivity contribution in [2.24, 2.45) is 0 Å². The number of anilines is 2. The molecule has 5 rings (SSSR count). The molecule has 0 spiro atoms. The number of thioether (sulfide) groups is 1. The molecule has 3 amide bonds. The van der Waals surface area contributed by atoms with Gasteiger partial charge < -0.3 is 20.7 Å². The monoisotopic (exact) mass is 751 g/mol. The van der Waals surface area contributed by atoms with Gasteiger partial charge in [-0.1, -0.05) is 91.1 Å². The maximum absolute atomic E-state index is 13.6. The smallest absolute Gasteiger partial charge is 0.338 e. The highest BCUT2D eigenvalue weighted by Crippen LogP contribution is 2.37. The van der Waals surface area contributed by atoms with Crippen LogP contribution in [0.2, 0.25) is 10.0 Å². The summed E-state index contributed by atoms with van der Waals surface area (Å²) in [6.45, 7) is 2.38. The van der Waals surface area contributed by atoms with Crippen molar-refractivity contribution < 1.29 is 23.9 Å². The van der Waals surface area contributed by atoms with Gasteiger partial charge in [0.05, 0.1) is 12.2 Å². The summed E-state index contributed by atoms with van der Waals surface area (Å²) in [5.41, 5.74) is 2.87. The fourth-order valence-electron chi connectivity index (χ4n) is 4.88. The molecule has 0 aliphatic rings. The third-order valence-corrected chi connectivity index (χ3v) is 9.57. The van der Waals surface area contributed by atoms with Gasteiger partial charge in [0, 0.05) is 37.4 Å². The molecule has 0 saturated heterocycles. The molecule has 264 valence electrons. The lowest BCUT2D eigenvalue weighted by Crippen LogP contribution is -2.30. The average molecular weight is 753 g/mol. The van der Waals surface area contributed by atoms with E-state index in [0.29, 0.717) is 44.7 Å². The van der Waals surface area contributed by atoms with Crippen LogP contribution < -0.4 is 16.0 Å². The molecule has 11 heteroatoms. The molecule has 0 aliphatic heterocycles. The summed E-state index contributed by atoms with van der Waals surface area (Å²) in [5.74, 6) is -1.74. The fourth-order valence-corrected chi connectivity index (χ4v) is 6.41. The molecule has 1 unspecified atom stereocenters. The lowest BCUT2D eigenvalue weighted by atomic mass is 10.1. The fraction of sp³-hybridized carbons (Fsp3) is 0.122. The van der Waals surface area contributed by atoms with Crippen molar-refractivity contribution >= 4 is 76.1 Å². The number of halogens is 2. The van der Waals surface area contributed by atoms with E-state index in [2.05, 4.69) is 16.0 Å². The van der Waals surface area contributed by atoms with Crippen molar-refractivity contribution in [1.29, 1.82) is 0 Å². The molecule has 0 aromatic heterocycles. The van der Waals surface area contributed by atoms with E-state index in [0.717, 1.165) is 23.3 Å². The topological polar surface area (TPSA) is 114 Å². The summed E-state index contributed by atoms with van der Waals surface area (Å²) >= 11 is 14.1. The van der Waals surface area contributed by atoms with Crippen molar-refractivity contribution in [2.75, 3.05) is 17.2 Å². The van der Waals surface area contributed by atoms with E-state index in [-0.39, 0.29) is 11.6 Å². The van der Waals surface area contributed by atoms with Gasteiger partial charge in [0.25, 0.3) is 11.8 Å². The van der Waals surface area contributed by atoms with E-state index in [9.17, 15) is 19.2 Å². The first-order chi connectivity index (χ1) is 25.2. The highest BCUT2D eigenvalue weighted by atomic mass is 35.5. The largest absolute Gasteiger partial charge is 0.462 e. The number of nitrogens with one attached hydrogen (secondary N) is 3. The van der Waals surface area contributed by atoms with Crippen LogP contribution >= 0.6 is 35.0 Å². The Morgan fingerprint density at radius 2 is 1.31 bits per heavy atom. The number of hydrogen-bond donors (Lipinski definition) is 3. The summed E-state index contributed by atoms with van der Waals surface area (Å²) in [6, 6.07) is 36.4. The Balaban J connectivity index is 1.30. The first-order valence-corrected chi connectivity index (χ1v) is 18.1. The predicted octanol–water partition coefficient (Wildman–Crippen LogP) is 9.83. The first kappa shape index (κ1) is 37.9. The van der Waals surface area contributed by atoms with Crippen LogP contribution in [0.15, 0.2) is 138 Å². The van der Waals surface area contributed by atoms with Crippen molar-refractivity contribution in [3.63, 3.8) is 0 Å². The van der Waals surface area contributed by atoms with Gasteiger partial charge in [-0.05, 0) is 90.9 Å². The van der Waals surface area contributed by atoms with Gasteiger partial charge in [-0.2, -0.15) is 0 Å². The molecule has 52 heavy (non-hydrogen) atoms. The molecule has 5 aromatic carbocycles. The first-order valence-electron chi connectivity index (χ1n) is 16.4. The zero-order chi connectivity index (χ0) is 36.9. The zero-order valence-electron chi connectivity index (χ0n) is 28.1. The van der Waals surface area contributed by atoms with Crippen LogP contribution in [0.1, 0.15) is 56.9 Å². The number of rotatable bonds is 14. The van der Waals surface area contributed by atoms with E-state index < -0.39 is 23.0 Å². The van der Waals surface area contributed by atoms with Crippen LogP contribution in [0.25, 0.3) is 6.08 Å². The zero-order valence-corrected chi connectivity index (χ0v) is 30.4. The van der Waals surface area contributed by atoms with E-state index in [1.165, 1.54) is 17.8 Å². The van der Waals surface area contributed by atoms with Crippen molar-refractivity contribution in [3.05, 3.63) is 165 Å². The van der Waals surface area contributed by atoms with E-state index in [1.807, 2.05) is 37.3 Å². The molecule has 0 heterocycles. The van der Waals surface area contributed by atoms with E-state index in [4.69, 9.17) is 27.9 Å². The minimum absolute atomic E-state index is 0.0652. The lowest BCUT2D eigenvalue weighted by molar-refractivity contribution is -0.116. The second-order valence-electron chi connectivity index (χ2n) is 11.5. The number of ether oxygens (including phenoxy) is 1. The molecule has 0 bridgehead atoms. The molecular formula is C41H35Cl2N3O5S. The van der Waals surface area contributed by atoms with Gasteiger partial charge >= 0.3 is 5.97 Å². The molecule has 1 atom stereocenters. The summed E-state index contributed by atoms with van der Waals surface area (Å²) in [4.78, 5) is 53.3. The van der Waals surface area contributed by atoms with Crippen LogP contribution in [0.5, 0.6) is 0 Å². The minimum atomic E-state index is -0.622. The highest BCUT2D eigenvalue weighted by molar-refractivity contribution is 8.00. The molecule has 0 radical (unpaired) electrons. The third-order valence-electron chi connectivity index (χ3n) is 7.64. The van der Waals surface area contributed by atoms with Crippen LogP contribution in [-0.2, 0) is 14.3 Å². The molecule has 0 fully saturated rings. The third kappa shape index (κ3) is 10.6. The summed E-state index contributed by atoms with van der Waals surface area (Å²) in [5, 5.41) is 8.46. The van der Waals surface area contributed by atoms with Crippen LogP contribution in [-0.4, -0.2) is 30.3 Å². The van der Waals surface area contributed by atoms with Crippen molar-refractivity contribution in [1.82, 2.24) is 5.32 Å². The predicted molar refractivity (Wildman–Crippen MR) is 209 cm³/mol. The van der Waals surface area contributed by atoms with Crippen LogP contribution in [0, 0.1) is 0 Å². The van der Waals surface area contributed by atoms with Gasteiger partial charge in [0.1, 0.15) is 10.9 Å². The molecule has 0 aliphatic carbocycles. The minimum Gasteiger partial charge on any atom is -0.462 e. The van der Waals surface area contributed by atoms with Crippen LogP contribution in [0.3, 0.4) is 0 Å². The standard InChI is InChI=1S/C41H35Cl2N3O5S/c1-2-3-25-51-41(50)29-17-19-30(20-18-29)45-40(49)37(27-11-6-4-7-12-27)52-32-23-21-31(22-24-32)44-39(48)36(26-33-34(42)15-10-16-35(33)43)46-38(47)28-13-8-5-9-14-28/h4-24,26,37H,2-3,25H2,1H3,(H,44,48)(H,45,49)(H,46,47)/b36-26-. The van der Waals surface area contributed by atoms with E-state index >= 15 is 0 Å². The Hall–Kier alpha value is -5.35. The van der Waals surface area contributed by atoms with Crippen molar-refractivity contribution in [2.45, 2.75) is 29.9 Å². The maximum Gasteiger partial charge on any atom is 0.338 e. The number of carbonyl (C=O) groups excluding carboxylic acids is 4. The number of amides is 3. The van der Waals surface area contributed by atoms with Crippen LogP contribution in [0.4, 0.5) is 11.4 Å². The second-order valence-corrected chi connectivity index (χ2v) is 13.4. The quantitative estimate of drug-likeness (QED) is 0.0451. The van der Waals surface area contributed by atoms with Gasteiger partial charge in [0.2, 0.25) is 5.91 Å². The van der Waals surface area contributed by atoms with Gasteiger partial charge in [-0.25, -0.2) is 4.79 Å². The van der Waals surface area contributed by atoms with Crippen molar-refractivity contribution in [3.8, 4) is 0 Å².